The minimum Gasteiger partial charge on any atom is -0.497 e. The summed E-state index contributed by atoms with van der Waals surface area (Å²) in [4.78, 5) is 24.0. The Morgan fingerprint density at radius 2 is 1.89 bits per heavy atom. The molecule has 2 N–H and O–H groups in total. The fraction of sp³-hybridized carbons (Fsp3) is 0.150. The van der Waals surface area contributed by atoms with Crippen molar-refractivity contribution in [1.29, 1.82) is 0 Å². The maximum Gasteiger partial charge on any atom is 0.243 e. The van der Waals surface area contributed by atoms with Crippen LogP contribution in [0, 0.1) is 0 Å². The zero-order valence-corrected chi connectivity index (χ0v) is 14.9. The summed E-state index contributed by atoms with van der Waals surface area (Å²) in [5.74, 6) is 0.171. The molecule has 0 unspecified atom stereocenters. The number of carbonyl (C=O) groups excluding carboxylic acids is 2. The van der Waals surface area contributed by atoms with Crippen molar-refractivity contribution in [3.8, 4) is 11.4 Å². The number of anilines is 1. The van der Waals surface area contributed by atoms with Crippen LogP contribution in [0.1, 0.15) is 5.56 Å². The number of carbonyl (C=O) groups is 2. The van der Waals surface area contributed by atoms with Crippen LogP contribution >= 0.6 is 0 Å². The number of nitrogens with one attached hydrogen (secondary N) is 2. The monoisotopic (exact) mass is 364 g/mol. The third-order valence-corrected chi connectivity index (χ3v) is 3.86. The second-order valence-electron chi connectivity index (χ2n) is 5.85. The van der Waals surface area contributed by atoms with E-state index in [2.05, 4.69) is 15.7 Å². The lowest BCUT2D eigenvalue weighted by atomic mass is 10.1. The third kappa shape index (κ3) is 5.18. The van der Waals surface area contributed by atoms with Crippen LogP contribution in [0.25, 0.3) is 5.69 Å². The molecular weight excluding hydrogens is 344 g/mol. The van der Waals surface area contributed by atoms with Crippen LogP contribution in [0.4, 0.5) is 5.69 Å². The van der Waals surface area contributed by atoms with Crippen LogP contribution < -0.4 is 15.4 Å². The van der Waals surface area contributed by atoms with E-state index in [1.54, 1.807) is 36.2 Å². The number of amides is 2. The second kappa shape index (κ2) is 8.66. The molecule has 0 saturated heterocycles. The Kier molecular flexibility index (Phi) is 5.84. The van der Waals surface area contributed by atoms with Gasteiger partial charge in [-0.1, -0.05) is 12.1 Å². The molecule has 1 aromatic heterocycles. The summed E-state index contributed by atoms with van der Waals surface area (Å²) in [6.45, 7) is -0.0935. The first-order valence-corrected chi connectivity index (χ1v) is 8.43. The van der Waals surface area contributed by atoms with E-state index in [0.29, 0.717) is 11.4 Å². The van der Waals surface area contributed by atoms with Gasteiger partial charge in [0.1, 0.15) is 5.75 Å². The van der Waals surface area contributed by atoms with Crippen molar-refractivity contribution < 1.29 is 14.3 Å². The van der Waals surface area contributed by atoms with E-state index < -0.39 is 0 Å². The topological polar surface area (TPSA) is 85.2 Å². The zero-order chi connectivity index (χ0) is 19.1. The molecule has 0 bridgehead atoms. The standard InChI is InChI=1S/C20H20N4O3/c1-27-18-5-2-4-15(12-18)13-19(25)21-14-20(26)23-16-6-8-17(9-7-16)24-11-3-10-22-24/h2-12H,13-14H2,1H3,(H,21,25)(H,23,26). The van der Waals surface area contributed by atoms with Crippen molar-refractivity contribution >= 4 is 17.5 Å². The first-order valence-electron chi connectivity index (χ1n) is 8.43. The molecule has 3 rings (SSSR count). The zero-order valence-electron chi connectivity index (χ0n) is 14.9. The summed E-state index contributed by atoms with van der Waals surface area (Å²) in [7, 11) is 1.57. The molecule has 0 radical (unpaired) electrons. The average Bonchev–Trinajstić information content (AvgIpc) is 3.22. The Morgan fingerprint density at radius 3 is 2.59 bits per heavy atom. The smallest absolute Gasteiger partial charge is 0.243 e. The summed E-state index contributed by atoms with van der Waals surface area (Å²) in [6.07, 6.45) is 3.72. The number of hydrogen-bond acceptors (Lipinski definition) is 4. The molecule has 7 nitrogen and oxygen atoms in total. The number of benzene rings is 2. The van der Waals surface area contributed by atoms with Crippen LogP contribution in [0.3, 0.4) is 0 Å². The molecule has 7 heteroatoms. The van der Waals surface area contributed by atoms with Gasteiger partial charge in [-0.3, -0.25) is 9.59 Å². The number of ether oxygens (including phenoxy) is 1. The largest absolute Gasteiger partial charge is 0.497 e. The maximum atomic E-state index is 12.0. The number of aromatic nitrogens is 2. The first-order chi connectivity index (χ1) is 13.1. The maximum absolute atomic E-state index is 12.0. The van der Waals surface area contributed by atoms with Crippen molar-refractivity contribution in [3.05, 3.63) is 72.6 Å². The van der Waals surface area contributed by atoms with Crippen LogP contribution in [-0.4, -0.2) is 35.2 Å². The van der Waals surface area contributed by atoms with Crippen molar-refractivity contribution in [1.82, 2.24) is 15.1 Å². The Labute approximate surface area is 157 Å². The lowest BCUT2D eigenvalue weighted by molar-refractivity contribution is -0.123. The summed E-state index contributed by atoms with van der Waals surface area (Å²) in [6, 6.07) is 16.4. The molecule has 0 aliphatic carbocycles. The van der Waals surface area contributed by atoms with Crippen LogP contribution in [-0.2, 0) is 16.0 Å². The molecule has 138 valence electrons. The molecule has 0 fully saturated rings. The van der Waals surface area contributed by atoms with Gasteiger partial charge in [0.05, 0.1) is 25.8 Å². The Hall–Kier alpha value is -3.61. The van der Waals surface area contributed by atoms with Gasteiger partial charge in [0.25, 0.3) is 0 Å². The second-order valence-corrected chi connectivity index (χ2v) is 5.85. The summed E-state index contributed by atoms with van der Waals surface area (Å²) < 4.78 is 6.86. The predicted octanol–water partition coefficient (Wildman–Crippen LogP) is 2.18. The van der Waals surface area contributed by atoms with Crippen LogP contribution in [0.15, 0.2) is 67.0 Å². The third-order valence-electron chi connectivity index (χ3n) is 3.86. The van der Waals surface area contributed by atoms with Gasteiger partial charge in [0.15, 0.2) is 0 Å². The van der Waals surface area contributed by atoms with E-state index in [1.807, 2.05) is 42.6 Å². The fourth-order valence-corrected chi connectivity index (χ4v) is 2.53. The van der Waals surface area contributed by atoms with E-state index in [9.17, 15) is 9.59 Å². The lowest BCUT2D eigenvalue weighted by Gasteiger charge is -2.08. The molecule has 0 saturated carbocycles. The quantitative estimate of drug-likeness (QED) is 0.673. The molecule has 1 heterocycles. The Morgan fingerprint density at radius 1 is 1.07 bits per heavy atom. The van der Waals surface area contributed by atoms with E-state index >= 15 is 0 Å². The van der Waals surface area contributed by atoms with Gasteiger partial charge >= 0.3 is 0 Å². The van der Waals surface area contributed by atoms with Crippen molar-refractivity contribution in [2.24, 2.45) is 0 Å². The van der Waals surface area contributed by atoms with Crippen molar-refractivity contribution in [3.63, 3.8) is 0 Å². The molecule has 0 spiro atoms. The fourth-order valence-electron chi connectivity index (χ4n) is 2.53. The molecule has 0 aliphatic rings. The molecule has 27 heavy (non-hydrogen) atoms. The molecule has 3 aromatic rings. The SMILES string of the molecule is COc1cccc(CC(=O)NCC(=O)Nc2ccc(-n3cccn3)cc2)c1. The molecule has 0 atom stereocenters. The predicted molar refractivity (Wildman–Crippen MR) is 102 cm³/mol. The lowest BCUT2D eigenvalue weighted by Crippen LogP contribution is -2.33. The van der Waals surface area contributed by atoms with Crippen molar-refractivity contribution in [2.75, 3.05) is 19.0 Å². The van der Waals surface area contributed by atoms with Crippen LogP contribution in [0.5, 0.6) is 5.75 Å². The molecule has 0 aliphatic heterocycles. The minimum atomic E-state index is -0.291. The van der Waals surface area contributed by atoms with Gasteiger partial charge in [-0.15, -0.1) is 0 Å². The van der Waals surface area contributed by atoms with E-state index in [4.69, 9.17) is 4.74 Å². The molecular formula is C20H20N4O3. The van der Waals surface area contributed by atoms with Gasteiger partial charge in [-0.25, -0.2) is 4.68 Å². The van der Waals surface area contributed by atoms with Gasteiger partial charge < -0.3 is 15.4 Å². The van der Waals surface area contributed by atoms with Crippen molar-refractivity contribution in [2.45, 2.75) is 6.42 Å². The Bertz CT molecular complexity index is 905. The van der Waals surface area contributed by atoms with E-state index in [0.717, 1.165) is 11.3 Å². The number of nitrogens with zero attached hydrogens (tertiary/aromatic N) is 2. The number of methoxy groups -OCH3 is 1. The summed E-state index contributed by atoms with van der Waals surface area (Å²) in [5.41, 5.74) is 2.36. The summed E-state index contributed by atoms with van der Waals surface area (Å²) in [5, 5.41) is 9.51. The van der Waals surface area contributed by atoms with E-state index in [1.165, 1.54) is 0 Å². The molecule has 2 aromatic carbocycles. The average molecular weight is 364 g/mol. The van der Waals surface area contributed by atoms with Gasteiger partial charge in [0.2, 0.25) is 11.8 Å². The highest BCUT2D eigenvalue weighted by Crippen LogP contribution is 2.13. The normalized spacial score (nSPS) is 10.3. The highest BCUT2D eigenvalue weighted by Gasteiger charge is 2.08. The van der Waals surface area contributed by atoms with Crippen LogP contribution in [0.2, 0.25) is 0 Å². The van der Waals surface area contributed by atoms with Gasteiger partial charge in [-0.05, 0) is 48.0 Å². The Balaban J connectivity index is 1.47. The number of rotatable bonds is 7. The first kappa shape index (κ1) is 18.2. The summed E-state index contributed by atoms with van der Waals surface area (Å²) >= 11 is 0. The molecule has 2 amide bonds. The highest BCUT2D eigenvalue weighted by atomic mass is 16.5. The van der Waals surface area contributed by atoms with Gasteiger partial charge in [-0.2, -0.15) is 5.10 Å². The number of hydrogen-bond donors (Lipinski definition) is 2. The minimum absolute atomic E-state index is 0.0935. The van der Waals surface area contributed by atoms with E-state index in [-0.39, 0.29) is 24.8 Å². The highest BCUT2D eigenvalue weighted by molar-refractivity contribution is 5.94. The van der Waals surface area contributed by atoms with Gasteiger partial charge in [0, 0.05) is 18.1 Å².